The van der Waals surface area contributed by atoms with Gasteiger partial charge in [0, 0.05) is 11.3 Å². The Hall–Kier alpha value is -2.36. The molecule has 20 heavy (non-hydrogen) atoms. The Labute approximate surface area is 116 Å². The molecule has 0 saturated carbocycles. The van der Waals surface area contributed by atoms with Crippen molar-refractivity contribution in [2.75, 3.05) is 5.73 Å². The van der Waals surface area contributed by atoms with Gasteiger partial charge in [0.1, 0.15) is 0 Å². The molecular formula is C16H15N3O. The summed E-state index contributed by atoms with van der Waals surface area (Å²) in [5.41, 5.74) is 11.5. The topological polar surface area (TPSA) is 64.9 Å². The highest BCUT2D eigenvalue weighted by molar-refractivity contribution is 5.87. The molecule has 0 amide bonds. The van der Waals surface area contributed by atoms with Gasteiger partial charge in [0.05, 0.1) is 5.69 Å². The summed E-state index contributed by atoms with van der Waals surface area (Å²) in [6, 6.07) is 9.84. The van der Waals surface area contributed by atoms with Crippen LogP contribution in [0.5, 0.6) is 0 Å². The Morgan fingerprint density at radius 3 is 2.65 bits per heavy atom. The van der Waals surface area contributed by atoms with Crippen LogP contribution >= 0.6 is 0 Å². The number of pyridine rings is 1. The third-order valence-electron chi connectivity index (χ3n) is 3.89. The number of benzene rings is 1. The van der Waals surface area contributed by atoms with Gasteiger partial charge in [0.2, 0.25) is 11.6 Å². The first-order chi connectivity index (χ1) is 9.83. The summed E-state index contributed by atoms with van der Waals surface area (Å²) in [6.07, 6.45) is 4.33. The fourth-order valence-electron chi connectivity index (χ4n) is 2.84. The second-order valence-electron chi connectivity index (χ2n) is 5.20. The van der Waals surface area contributed by atoms with Crippen LogP contribution in [0.15, 0.2) is 34.7 Å². The van der Waals surface area contributed by atoms with Gasteiger partial charge >= 0.3 is 0 Å². The molecule has 0 spiro atoms. The Morgan fingerprint density at radius 2 is 1.80 bits per heavy atom. The van der Waals surface area contributed by atoms with E-state index in [2.05, 4.69) is 9.97 Å². The molecule has 0 bridgehead atoms. The fraction of sp³-hybridized carbons (Fsp3) is 0.250. The van der Waals surface area contributed by atoms with Crippen LogP contribution in [0.1, 0.15) is 24.1 Å². The van der Waals surface area contributed by atoms with Gasteiger partial charge < -0.3 is 10.2 Å². The van der Waals surface area contributed by atoms with Crippen LogP contribution in [0.4, 0.5) is 5.69 Å². The van der Waals surface area contributed by atoms with Crippen LogP contribution < -0.4 is 5.73 Å². The first kappa shape index (κ1) is 11.5. The number of oxazole rings is 1. The number of fused-ring (bicyclic) bond motifs is 2. The summed E-state index contributed by atoms with van der Waals surface area (Å²) in [7, 11) is 0. The van der Waals surface area contributed by atoms with Crippen LogP contribution in [-0.2, 0) is 12.8 Å². The average Bonchev–Trinajstić information content (AvgIpc) is 2.93. The van der Waals surface area contributed by atoms with Crippen molar-refractivity contribution in [3.8, 4) is 11.5 Å². The second kappa shape index (κ2) is 4.34. The normalized spacial score (nSPS) is 14.4. The Bertz CT molecular complexity index is 777. The van der Waals surface area contributed by atoms with Crippen molar-refractivity contribution in [2.24, 2.45) is 0 Å². The quantitative estimate of drug-likeness (QED) is 0.732. The summed E-state index contributed by atoms with van der Waals surface area (Å²) >= 11 is 0. The molecule has 4 nitrogen and oxygen atoms in total. The lowest BCUT2D eigenvalue weighted by Gasteiger charge is -2.15. The number of rotatable bonds is 1. The van der Waals surface area contributed by atoms with E-state index in [1.165, 1.54) is 12.8 Å². The number of aryl methyl sites for hydroxylation is 1. The van der Waals surface area contributed by atoms with Crippen LogP contribution in [-0.4, -0.2) is 9.97 Å². The molecule has 0 saturated heterocycles. The Kier molecular flexibility index (Phi) is 2.49. The van der Waals surface area contributed by atoms with Crippen LogP contribution in [0, 0.1) is 0 Å². The average molecular weight is 265 g/mol. The lowest BCUT2D eigenvalue weighted by molar-refractivity contribution is 0.599. The van der Waals surface area contributed by atoms with Crippen molar-refractivity contribution in [3.05, 3.63) is 41.6 Å². The van der Waals surface area contributed by atoms with E-state index in [-0.39, 0.29) is 0 Å². The fourth-order valence-corrected chi connectivity index (χ4v) is 2.84. The second-order valence-corrected chi connectivity index (χ2v) is 5.20. The summed E-state index contributed by atoms with van der Waals surface area (Å²) in [6.45, 7) is 0. The SMILES string of the molecule is Nc1c2c(nc3oc(-c4ccccc4)nc13)CCCC2. The van der Waals surface area contributed by atoms with Gasteiger partial charge in [-0.2, -0.15) is 0 Å². The monoisotopic (exact) mass is 265 g/mol. The van der Waals surface area contributed by atoms with Gasteiger partial charge in [-0.1, -0.05) is 18.2 Å². The van der Waals surface area contributed by atoms with E-state index in [0.29, 0.717) is 17.1 Å². The zero-order valence-corrected chi connectivity index (χ0v) is 11.1. The lowest BCUT2D eigenvalue weighted by Crippen LogP contribution is -2.09. The number of nitrogens with two attached hydrogens (primary N) is 1. The predicted molar refractivity (Wildman–Crippen MR) is 78.3 cm³/mol. The molecule has 4 rings (SSSR count). The van der Waals surface area contributed by atoms with Gasteiger partial charge in [-0.15, -0.1) is 0 Å². The third kappa shape index (κ3) is 1.68. The van der Waals surface area contributed by atoms with E-state index in [9.17, 15) is 0 Å². The maximum atomic E-state index is 6.27. The molecule has 0 atom stereocenters. The molecule has 1 aliphatic rings. The smallest absolute Gasteiger partial charge is 0.249 e. The van der Waals surface area contributed by atoms with E-state index >= 15 is 0 Å². The standard InChI is InChI=1S/C16H15N3O/c17-13-11-8-4-5-9-12(11)18-16-14(13)19-15(20-16)10-6-2-1-3-7-10/h1-3,6-7H,4-5,8-9H2,(H2,17,18). The number of aromatic nitrogens is 2. The molecule has 0 aliphatic heterocycles. The molecule has 100 valence electrons. The van der Waals surface area contributed by atoms with Crippen molar-refractivity contribution >= 4 is 16.9 Å². The summed E-state index contributed by atoms with van der Waals surface area (Å²) in [5.74, 6) is 0.585. The maximum absolute atomic E-state index is 6.27. The molecule has 1 aromatic carbocycles. The molecule has 2 heterocycles. The Balaban J connectivity index is 1.93. The van der Waals surface area contributed by atoms with E-state index in [1.54, 1.807) is 0 Å². The molecule has 2 aromatic heterocycles. The number of anilines is 1. The van der Waals surface area contributed by atoms with E-state index < -0.39 is 0 Å². The number of nitrogen functional groups attached to an aromatic ring is 1. The minimum absolute atomic E-state index is 0.557. The Morgan fingerprint density at radius 1 is 1.00 bits per heavy atom. The number of hydrogen-bond acceptors (Lipinski definition) is 4. The van der Waals surface area contributed by atoms with E-state index in [1.807, 2.05) is 30.3 Å². The minimum atomic E-state index is 0.557. The van der Waals surface area contributed by atoms with Gasteiger partial charge in [-0.05, 0) is 43.4 Å². The van der Waals surface area contributed by atoms with Gasteiger partial charge in [0.15, 0.2) is 5.52 Å². The van der Waals surface area contributed by atoms with Crippen molar-refractivity contribution in [2.45, 2.75) is 25.7 Å². The predicted octanol–water partition coefficient (Wildman–Crippen LogP) is 3.35. The lowest BCUT2D eigenvalue weighted by atomic mass is 9.94. The van der Waals surface area contributed by atoms with Gasteiger partial charge in [0.25, 0.3) is 0 Å². The number of hydrogen-bond donors (Lipinski definition) is 1. The zero-order chi connectivity index (χ0) is 13.5. The third-order valence-corrected chi connectivity index (χ3v) is 3.89. The highest BCUT2D eigenvalue weighted by Gasteiger charge is 2.20. The summed E-state index contributed by atoms with van der Waals surface area (Å²) in [4.78, 5) is 9.15. The van der Waals surface area contributed by atoms with Crippen molar-refractivity contribution in [1.82, 2.24) is 9.97 Å². The zero-order valence-electron chi connectivity index (χ0n) is 11.1. The van der Waals surface area contributed by atoms with E-state index in [4.69, 9.17) is 10.2 Å². The van der Waals surface area contributed by atoms with Crippen molar-refractivity contribution < 1.29 is 4.42 Å². The first-order valence-electron chi connectivity index (χ1n) is 6.96. The highest BCUT2D eigenvalue weighted by Crippen LogP contribution is 2.33. The molecule has 0 radical (unpaired) electrons. The first-order valence-corrected chi connectivity index (χ1v) is 6.96. The van der Waals surface area contributed by atoms with Gasteiger partial charge in [-0.25, -0.2) is 9.97 Å². The highest BCUT2D eigenvalue weighted by atomic mass is 16.4. The molecule has 4 heteroatoms. The summed E-state index contributed by atoms with van der Waals surface area (Å²) < 4.78 is 5.80. The molecule has 0 unspecified atom stereocenters. The number of nitrogens with zero attached hydrogens (tertiary/aromatic N) is 2. The minimum Gasteiger partial charge on any atom is -0.418 e. The summed E-state index contributed by atoms with van der Waals surface area (Å²) in [5, 5.41) is 0. The molecule has 3 aromatic rings. The molecular weight excluding hydrogens is 250 g/mol. The van der Waals surface area contributed by atoms with Crippen LogP contribution in [0.2, 0.25) is 0 Å². The molecule has 0 fully saturated rings. The van der Waals surface area contributed by atoms with E-state index in [0.717, 1.165) is 35.3 Å². The maximum Gasteiger partial charge on any atom is 0.249 e. The van der Waals surface area contributed by atoms with Crippen LogP contribution in [0.25, 0.3) is 22.7 Å². The molecule has 1 aliphatic carbocycles. The molecule has 2 N–H and O–H groups in total. The van der Waals surface area contributed by atoms with Crippen LogP contribution in [0.3, 0.4) is 0 Å². The largest absolute Gasteiger partial charge is 0.418 e. The van der Waals surface area contributed by atoms with Crippen molar-refractivity contribution in [1.29, 1.82) is 0 Å². The van der Waals surface area contributed by atoms with Crippen molar-refractivity contribution in [3.63, 3.8) is 0 Å². The van der Waals surface area contributed by atoms with Gasteiger partial charge in [-0.3, -0.25) is 0 Å².